The molecular formula is C20H13F2NO2. The lowest BCUT2D eigenvalue weighted by Crippen LogP contribution is -2.14. The van der Waals surface area contributed by atoms with E-state index in [1.807, 2.05) is 0 Å². The molecular weight excluding hydrogens is 324 g/mol. The molecule has 5 heteroatoms. The summed E-state index contributed by atoms with van der Waals surface area (Å²) < 4.78 is 26.9. The van der Waals surface area contributed by atoms with Gasteiger partial charge in [-0.15, -0.1) is 0 Å². The first-order valence-electron chi connectivity index (χ1n) is 7.51. The van der Waals surface area contributed by atoms with E-state index in [0.29, 0.717) is 16.8 Å². The van der Waals surface area contributed by atoms with Gasteiger partial charge in [0.05, 0.1) is 5.56 Å². The molecule has 1 amide bonds. The van der Waals surface area contributed by atoms with Crippen LogP contribution in [-0.2, 0) is 0 Å². The highest BCUT2D eigenvalue weighted by Gasteiger charge is 2.14. The number of nitrogens with one attached hydrogen (secondary N) is 1. The first-order chi connectivity index (χ1) is 12.0. The summed E-state index contributed by atoms with van der Waals surface area (Å²) in [6.45, 7) is 0. The molecule has 124 valence electrons. The number of halogens is 2. The fraction of sp³-hybridized carbons (Fsp3) is 0. The lowest BCUT2D eigenvalue weighted by atomic mass is 10.0. The van der Waals surface area contributed by atoms with Crippen LogP contribution < -0.4 is 5.32 Å². The van der Waals surface area contributed by atoms with Crippen LogP contribution in [0.15, 0.2) is 72.8 Å². The summed E-state index contributed by atoms with van der Waals surface area (Å²) in [5.41, 5.74) is 0.807. The van der Waals surface area contributed by atoms with Gasteiger partial charge in [-0.3, -0.25) is 9.59 Å². The minimum Gasteiger partial charge on any atom is -0.322 e. The Hall–Kier alpha value is -3.34. The van der Waals surface area contributed by atoms with E-state index >= 15 is 0 Å². The number of amides is 1. The lowest BCUT2D eigenvalue weighted by molar-refractivity contribution is 0.101. The summed E-state index contributed by atoms with van der Waals surface area (Å²) in [6.07, 6.45) is 0. The maximum atomic E-state index is 13.7. The summed E-state index contributed by atoms with van der Waals surface area (Å²) in [4.78, 5) is 24.6. The van der Waals surface area contributed by atoms with E-state index in [2.05, 4.69) is 5.32 Å². The zero-order valence-corrected chi connectivity index (χ0v) is 13.0. The van der Waals surface area contributed by atoms with Crippen LogP contribution in [0.5, 0.6) is 0 Å². The summed E-state index contributed by atoms with van der Waals surface area (Å²) in [6, 6.07) is 17.6. The summed E-state index contributed by atoms with van der Waals surface area (Å²) in [5, 5.41) is 2.48. The van der Waals surface area contributed by atoms with Gasteiger partial charge < -0.3 is 5.32 Å². The van der Waals surface area contributed by atoms with E-state index < -0.39 is 23.1 Å². The Kier molecular flexibility index (Phi) is 4.66. The first-order valence-corrected chi connectivity index (χ1v) is 7.51. The third kappa shape index (κ3) is 3.77. The number of benzene rings is 3. The Balaban J connectivity index is 1.83. The van der Waals surface area contributed by atoms with Crippen molar-refractivity contribution in [1.82, 2.24) is 0 Å². The second-order valence-corrected chi connectivity index (χ2v) is 5.35. The van der Waals surface area contributed by atoms with E-state index in [1.165, 1.54) is 6.07 Å². The molecule has 3 aromatic rings. The van der Waals surface area contributed by atoms with Gasteiger partial charge in [0.25, 0.3) is 5.91 Å². The maximum Gasteiger partial charge on any atom is 0.258 e. The third-order valence-electron chi connectivity index (χ3n) is 3.59. The molecule has 0 atom stereocenters. The number of rotatable bonds is 4. The van der Waals surface area contributed by atoms with Gasteiger partial charge in [0.15, 0.2) is 5.78 Å². The Morgan fingerprint density at radius 1 is 0.760 bits per heavy atom. The van der Waals surface area contributed by atoms with Crippen LogP contribution >= 0.6 is 0 Å². The van der Waals surface area contributed by atoms with Crippen LogP contribution in [0.25, 0.3) is 0 Å². The number of hydrogen-bond donors (Lipinski definition) is 1. The van der Waals surface area contributed by atoms with Gasteiger partial charge in [0.2, 0.25) is 0 Å². The van der Waals surface area contributed by atoms with Gasteiger partial charge in [-0.1, -0.05) is 42.5 Å². The Bertz CT molecular complexity index is 939. The minimum atomic E-state index is -0.824. The number of ketones is 1. The highest BCUT2D eigenvalue weighted by molar-refractivity contribution is 6.10. The quantitative estimate of drug-likeness (QED) is 0.715. The Morgan fingerprint density at radius 3 is 2.24 bits per heavy atom. The molecule has 3 rings (SSSR count). The molecule has 0 aromatic heterocycles. The monoisotopic (exact) mass is 337 g/mol. The standard InChI is InChI=1S/C20H13F2NO2/c21-15-9-10-18(22)17(12-15)20(25)23-16-8-4-7-14(11-16)19(24)13-5-2-1-3-6-13/h1-12H,(H,23,25). The Labute approximate surface area is 142 Å². The van der Waals surface area contributed by atoms with Crippen molar-refractivity contribution in [1.29, 1.82) is 0 Å². The average molecular weight is 337 g/mol. The van der Waals surface area contributed by atoms with E-state index in [0.717, 1.165) is 18.2 Å². The molecule has 0 aliphatic heterocycles. The van der Waals surface area contributed by atoms with Crippen LogP contribution in [0, 0.1) is 11.6 Å². The zero-order valence-electron chi connectivity index (χ0n) is 13.0. The van der Waals surface area contributed by atoms with Crippen molar-refractivity contribution in [3.8, 4) is 0 Å². The minimum absolute atomic E-state index is 0.200. The first kappa shape index (κ1) is 16.5. The highest BCUT2D eigenvalue weighted by Crippen LogP contribution is 2.17. The Morgan fingerprint density at radius 2 is 1.48 bits per heavy atom. The predicted octanol–water partition coefficient (Wildman–Crippen LogP) is 4.45. The summed E-state index contributed by atoms with van der Waals surface area (Å²) >= 11 is 0. The van der Waals surface area contributed by atoms with Crippen molar-refractivity contribution >= 4 is 17.4 Å². The molecule has 0 saturated carbocycles. The van der Waals surface area contributed by atoms with Crippen LogP contribution in [0.3, 0.4) is 0 Å². The topological polar surface area (TPSA) is 46.2 Å². The van der Waals surface area contributed by atoms with Crippen molar-refractivity contribution < 1.29 is 18.4 Å². The molecule has 0 bridgehead atoms. The van der Waals surface area contributed by atoms with Gasteiger partial charge in [0, 0.05) is 16.8 Å². The van der Waals surface area contributed by atoms with Gasteiger partial charge in [0.1, 0.15) is 11.6 Å². The van der Waals surface area contributed by atoms with Crippen molar-refractivity contribution in [3.63, 3.8) is 0 Å². The predicted molar refractivity (Wildman–Crippen MR) is 90.6 cm³/mol. The van der Waals surface area contributed by atoms with Crippen molar-refractivity contribution in [2.24, 2.45) is 0 Å². The fourth-order valence-electron chi connectivity index (χ4n) is 2.36. The van der Waals surface area contributed by atoms with E-state index in [-0.39, 0.29) is 5.78 Å². The van der Waals surface area contributed by atoms with Gasteiger partial charge in [-0.05, 0) is 30.3 Å². The van der Waals surface area contributed by atoms with E-state index in [4.69, 9.17) is 0 Å². The molecule has 0 aliphatic carbocycles. The fourth-order valence-corrected chi connectivity index (χ4v) is 2.36. The molecule has 3 nitrogen and oxygen atoms in total. The van der Waals surface area contributed by atoms with Crippen molar-refractivity contribution in [3.05, 3.63) is 101 Å². The molecule has 0 radical (unpaired) electrons. The SMILES string of the molecule is O=C(c1ccccc1)c1cccc(NC(=O)c2cc(F)ccc2F)c1. The number of hydrogen-bond acceptors (Lipinski definition) is 2. The van der Waals surface area contributed by atoms with Crippen molar-refractivity contribution in [2.75, 3.05) is 5.32 Å². The van der Waals surface area contributed by atoms with Gasteiger partial charge in [-0.25, -0.2) is 8.78 Å². The summed E-state index contributed by atoms with van der Waals surface area (Å²) in [7, 11) is 0. The van der Waals surface area contributed by atoms with Crippen LogP contribution in [0.4, 0.5) is 14.5 Å². The molecule has 0 unspecified atom stereocenters. The second-order valence-electron chi connectivity index (χ2n) is 5.35. The van der Waals surface area contributed by atoms with Crippen LogP contribution in [0.1, 0.15) is 26.3 Å². The van der Waals surface area contributed by atoms with Crippen molar-refractivity contribution in [2.45, 2.75) is 0 Å². The number of anilines is 1. The molecule has 0 heterocycles. The molecule has 25 heavy (non-hydrogen) atoms. The normalized spacial score (nSPS) is 10.3. The molecule has 0 spiro atoms. The van der Waals surface area contributed by atoms with Gasteiger partial charge in [-0.2, -0.15) is 0 Å². The average Bonchev–Trinajstić information content (AvgIpc) is 2.64. The largest absolute Gasteiger partial charge is 0.322 e. The smallest absolute Gasteiger partial charge is 0.258 e. The molecule has 3 aromatic carbocycles. The highest BCUT2D eigenvalue weighted by atomic mass is 19.1. The molecule has 0 fully saturated rings. The zero-order chi connectivity index (χ0) is 17.8. The lowest BCUT2D eigenvalue weighted by Gasteiger charge is -2.08. The molecule has 1 N–H and O–H groups in total. The summed E-state index contributed by atoms with van der Waals surface area (Å²) in [5.74, 6) is -2.52. The second kappa shape index (κ2) is 7.05. The molecule has 0 aliphatic rings. The number of carbonyl (C=O) groups is 2. The molecule has 0 saturated heterocycles. The van der Waals surface area contributed by atoms with E-state index in [9.17, 15) is 18.4 Å². The van der Waals surface area contributed by atoms with Crippen LogP contribution in [0.2, 0.25) is 0 Å². The number of carbonyl (C=O) groups excluding carboxylic acids is 2. The van der Waals surface area contributed by atoms with Gasteiger partial charge >= 0.3 is 0 Å². The van der Waals surface area contributed by atoms with E-state index in [1.54, 1.807) is 48.5 Å². The van der Waals surface area contributed by atoms with Crippen LogP contribution in [-0.4, -0.2) is 11.7 Å². The third-order valence-corrected chi connectivity index (χ3v) is 3.59. The maximum absolute atomic E-state index is 13.7.